The molecule has 0 aromatic heterocycles. The molecule has 1 atom stereocenters. The standard InChI is InChI=1S/C23H27Cl4N3O4S/c1-14(22(32)28-23(2,3)4)29(12-15-9-10-16(24)18(26)11-15)20(31)13-30(35(5,33)34)19-8-6-7-17(25)21(19)27/h6-11,14H,12-13H2,1-5H3,(H,28,32). The summed E-state index contributed by atoms with van der Waals surface area (Å²) in [5.74, 6) is -1.04. The third-order valence-electron chi connectivity index (χ3n) is 4.88. The topological polar surface area (TPSA) is 86.8 Å². The molecule has 0 saturated carbocycles. The van der Waals surface area contributed by atoms with Crippen molar-refractivity contribution >= 4 is 73.9 Å². The van der Waals surface area contributed by atoms with Gasteiger partial charge in [-0.3, -0.25) is 13.9 Å². The average molecular weight is 583 g/mol. The van der Waals surface area contributed by atoms with Crippen molar-refractivity contribution in [2.24, 2.45) is 0 Å². The fraction of sp³-hybridized carbons (Fsp3) is 0.391. The first kappa shape index (κ1) is 29.5. The van der Waals surface area contributed by atoms with Crippen LogP contribution in [-0.2, 0) is 26.2 Å². The van der Waals surface area contributed by atoms with E-state index < -0.39 is 40.0 Å². The Kier molecular flexibility index (Phi) is 9.75. The molecular weight excluding hydrogens is 556 g/mol. The molecule has 0 radical (unpaired) electrons. The summed E-state index contributed by atoms with van der Waals surface area (Å²) in [5, 5.41) is 3.59. The average Bonchev–Trinajstić information content (AvgIpc) is 2.72. The van der Waals surface area contributed by atoms with Crippen LogP contribution in [0.15, 0.2) is 36.4 Å². The highest BCUT2D eigenvalue weighted by atomic mass is 35.5. The van der Waals surface area contributed by atoms with Gasteiger partial charge in [0, 0.05) is 12.1 Å². The molecule has 0 aliphatic rings. The Hall–Kier alpha value is -1.71. The molecule has 0 heterocycles. The highest BCUT2D eigenvalue weighted by molar-refractivity contribution is 7.92. The predicted octanol–water partition coefficient (Wildman–Crippen LogP) is 5.40. The summed E-state index contributed by atoms with van der Waals surface area (Å²) in [6, 6.07) is 8.38. The molecule has 1 N–H and O–H groups in total. The van der Waals surface area contributed by atoms with Gasteiger partial charge in [0.2, 0.25) is 21.8 Å². The minimum Gasteiger partial charge on any atom is -0.350 e. The summed E-state index contributed by atoms with van der Waals surface area (Å²) in [7, 11) is -3.94. The lowest BCUT2D eigenvalue weighted by atomic mass is 10.1. The quantitative estimate of drug-likeness (QED) is 0.451. The summed E-state index contributed by atoms with van der Waals surface area (Å²) in [6.07, 6.45) is 0.955. The summed E-state index contributed by atoms with van der Waals surface area (Å²) < 4.78 is 26.1. The Morgan fingerprint density at radius 1 is 1.00 bits per heavy atom. The van der Waals surface area contributed by atoms with Crippen LogP contribution in [0.5, 0.6) is 0 Å². The second-order valence-electron chi connectivity index (χ2n) is 9.03. The molecule has 12 heteroatoms. The predicted molar refractivity (Wildman–Crippen MR) is 143 cm³/mol. The Morgan fingerprint density at radius 2 is 1.63 bits per heavy atom. The van der Waals surface area contributed by atoms with E-state index in [1.807, 2.05) is 20.8 Å². The normalized spacial score (nSPS) is 12.7. The SMILES string of the molecule is CC(C(=O)NC(C)(C)C)N(Cc1ccc(Cl)c(Cl)c1)C(=O)CN(c1cccc(Cl)c1Cl)S(C)(=O)=O. The molecule has 35 heavy (non-hydrogen) atoms. The number of anilines is 1. The first-order chi connectivity index (χ1) is 16.0. The van der Waals surface area contributed by atoms with Crippen molar-refractivity contribution in [3.05, 3.63) is 62.1 Å². The van der Waals surface area contributed by atoms with E-state index in [0.29, 0.717) is 10.6 Å². The van der Waals surface area contributed by atoms with Crippen molar-refractivity contribution < 1.29 is 18.0 Å². The van der Waals surface area contributed by atoms with Crippen LogP contribution in [0.1, 0.15) is 33.3 Å². The Bertz CT molecular complexity index is 1220. The monoisotopic (exact) mass is 581 g/mol. The fourth-order valence-corrected chi connectivity index (χ4v) is 4.79. The highest BCUT2D eigenvalue weighted by Gasteiger charge is 2.32. The molecule has 0 fully saturated rings. The number of nitrogens with one attached hydrogen (secondary N) is 1. The molecule has 0 saturated heterocycles. The number of hydrogen-bond acceptors (Lipinski definition) is 4. The van der Waals surface area contributed by atoms with Crippen molar-refractivity contribution in [3.63, 3.8) is 0 Å². The molecule has 2 amide bonds. The number of carbonyl (C=O) groups excluding carboxylic acids is 2. The van der Waals surface area contributed by atoms with E-state index in [9.17, 15) is 18.0 Å². The van der Waals surface area contributed by atoms with Crippen LogP contribution < -0.4 is 9.62 Å². The van der Waals surface area contributed by atoms with E-state index in [-0.39, 0.29) is 27.3 Å². The third kappa shape index (κ3) is 8.15. The Morgan fingerprint density at radius 3 is 2.17 bits per heavy atom. The summed E-state index contributed by atoms with van der Waals surface area (Å²) >= 11 is 24.5. The first-order valence-corrected chi connectivity index (χ1v) is 13.8. The van der Waals surface area contributed by atoms with E-state index in [1.54, 1.807) is 25.1 Å². The van der Waals surface area contributed by atoms with Crippen LogP contribution in [0.25, 0.3) is 0 Å². The Labute approximate surface area is 226 Å². The van der Waals surface area contributed by atoms with Gasteiger partial charge in [0.1, 0.15) is 12.6 Å². The number of halogens is 4. The number of benzene rings is 2. The van der Waals surface area contributed by atoms with Crippen LogP contribution in [0.3, 0.4) is 0 Å². The van der Waals surface area contributed by atoms with Gasteiger partial charge in [0.15, 0.2) is 0 Å². The van der Waals surface area contributed by atoms with Crippen molar-refractivity contribution in [1.29, 1.82) is 0 Å². The zero-order chi connectivity index (χ0) is 26.7. The smallest absolute Gasteiger partial charge is 0.244 e. The molecule has 0 bridgehead atoms. The summed E-state index contributed by atoms with van der Waals surface area (Å²) in [5.41, 5.74) is 0.114. The van der Waals surface area contributed by atoms with E-state index in [0.717, 1.165) is 10.6 Å². The van der Waals surface area contributed by atoms with Crippen molar-refractivity contribution in [1.82, 2.24) is 10.2 Å². The molecule has 192 valence electrons. The number of carbonyl (C=O) groups is 2. The van der Waals surface area contributed by atoms with E-state index in [4.69, 9.17) is 46.4 Å². The van der Waals surface area contributed by atoms with Crippen LogP contribution in [0.2, 0.25) is 20.1 Å². The zero-order valence-corrected chi connectivity index (χ0v) is 23.7. The van der Waals surface area contributed by atoms with Crippen LogP contribution in [0.4, 0.5) is 5.69 Å². The van der Waals surface area contributed by atoms with Gasteiger partial charge in [0.05, 0.1) is 32.0 Å². The van der Waals surface area contributed by atoms with Gasteiger partial charge < -0.3 is 10.2 Å². The zero-order valence-electron chi connectivity index (χ0n) is 19.9. The lowest BCUT2D eigenvalue weighted by molar-refractivity contribution is -0.140. The molecule has 7 nitrogen and oxygen atoms in total. The third-order valence-corrected chi connectivity index (χ3v) is 7.56. The van der Waals surface area contributed by atoms with Gasteiger partial charge in [-0.25, -0.2) is 8.42 Å². The van der Waals surface area contributed by atoms with Crippen molar-refractivity contribution in [2.45, 2.75) is 45.8 Å². The molecule has 0 spiro atoms. The van der Waals surface area contributed by atoms with E-state index >= 15 is 0 Å². The molecule has 2 rings (SSSR count). The lowest BCUT2D eigenvalue weighted by Gasteiger charge is -2.33. The minimum atomic E-state index is -3.94. The summed E-state index contributed by atoms with van der Waals surface area (Å²) in [4.78, 5) is 27.8. The van der Waals surface area contributed by atoms with Crippen LogP contribution >= 0.6 is 46.4 Å². The maximum absolute atomic E-state index is 13.5. The van der Waals surface area contributed by atoms with E-state index in [1.165, 1.54) is 23.1 Å². The maximum Gasteiger partial charge on any atom is 0.244 e. The van der Waals surface area contributed by atoms with E-state index in [2.05, 4.69) is 5.32 Å². The molecule has 0 aliphatic heterocycles. The van der Waals surface area contributed by atoms with Crippen molar-refractivity contribution in [2.75, 3.05) is 17.1 Å². The summed E-state index contributed by atoms with van der Waals surface area (Å²) in [6.45, 7) is 6.39. The van der Waals surface area contributed by atoms with Gasteiger partial charge in [-0.1, -0.05) is 58.5 Å². The molecule has 0 aliphatic carbocycles. The largest absolute Gasteiger partial charge is 0.350 e. The molecular formula is C23H27Cl4N3O4S. The van der Waals surface area contributed by atoms with Crippen molar-refractivity contribution in [3.8, 4) is 0 Å². The number of nitrogens with zero attached hydrogens (tertiary/aromatic N) is 2. The van der Waals surface area contributed by atoms with Gasteiger partial charge in [-0.15, -0.1) is 0 Å². The Balaban J connectivity index is 2.47. The van der Waals surface area contributed by atoms with Crippen LogP contribution in [0, 0.1) is 0 Å². The van der Waals surface area contributed by atoms with Gasteiger partial charge in [0.25, 0.3) is 0 Å². The molecule has 2 aromatic rings. The fourth-order valence-electron chi connectivity index (χ4n) is 3.17. The number of rotatable bonds is 8. The van der Waals surface area contributed by atoms with Gasteiger partial charge >= 0.3 is 0 Å². The molecule has 2 aromatic carbocycles. The van der Waals surface area contributed by atoms with Gasteiger partial charge in [-0.2, -0.15) is 0 Å². The lowest BCUT2D eigenvalue weighted by Crippen LogP contribution is -2.54. The maximum atomic E-state index is 13.5. The van der Waals surface area contributed by atoms with Crippen LogP contribution in [-0.4, -0.2) is 49.5 Å². The molecule has 1 unspecified atom stereocenters. The second-order valence-corrected chi connectivity index (χ2v) is 12.5. The second kappa shape index (κ2) is 11.6. The first-order valence-electron chi connectivity index (χ1n) is 10.5. The minimum absolute atomic E-state index is 0.0121. The van der Waals surface area contributed by atoms with Gasteiger partial charge in [-0.05, 0) is 57.5 Å². The highest BCUT2D eigenvalue weighted by Crippen LogP contribution is 2.34. The number of hydrogen-bond donors (Lipinski definition) is 1. The number of amides is 2. The number of sulfonamides is 1.